The van der Waals surface area contributed by atoms with Crippen LogP contribution in [0.3, 0.4) is 0 Å². The van der Waals surface area contributed by atoms with Crippen LogP contribution in [0.25, 0.3) is 6.08 Å². The molecule has 2 aromatic rings. The van der Waals surface area contributed by atoms with Crippen LogP contribution in [0.4, 0.5) is 5.69 Å². The van der Waals surface area contributed by atoms with Crippen molar-refractivity contribution in [2.24, 2.45) is 0 Å². The molecule has 0 bridgehead atoms. The van der Waals surface area contributed by atoms with Gasteiger partial charge in [-0.05, 0) is 75.9 Å². The van der Waals surface area contributed by atoms with Gasteiger partial charge in [0.2, 0.25) is 0 Å². The molecule has 1 amide bonds. The Balaban J connectivity index is 1.59. The Hall–Kier alpha value is -2.53. The number of rotatable bonds is 6. The van der Waals surface area contributed by atoms with E-state index in [9.17, 15) is 9.59 Å². The molecule has 1 fully saturated rings. The molecule has 1 atom stereocenters. The summed E-state index contributed by atoms with van der Waals surface area (Å²) in [5.74, 6) is -0.958. The van der Waals surface area contributed by atoms with Gasteiger partial charge in [0, 0.05) is 34.2 Å². The summed E-state index contributed by atoms with van der Waals surface area (Å²) >= 11 is 6.06. The van der Waals surface area contributed by atoms with Crippen LogP contribution >= 0.6 is 11.6 Å². The van der Waals surface area contributed by atoms with Crippen LogP contribution in [-0.2, 0) is 14.3 Å². The first-order chi connectivity index (χ1) is 13.3. The maximum atomic E-state index is 12.3. The average Bonchev–Trinajstić information content (AvgIpc) is 3.42. The monoisotopic (exact) mass is 400 g/mol. The first kappa shape index (κ1) is 20.2. The first-order valence-corrected chi connectivity index (χ1v) is 9.79. The number of hydrogen-bond donors (Lipinski definition) is 1. The van der Waals surface area contributed by atoms with Crippen molar-refractivity contribution in [2.45, 2.75) is 52.7 Å². The minimum absolute atomic E-state index is 0.404. The fourth-order valence-corrected chi connectivity index (χ4v) is 3.44. The normalized spacial score (nSPS) is 14.9. The predicted octanol–water partition coefficient (Wildman–Crippen LogP) is 4.99. The van der Waals surface area contributed by atoms with Crippen LogP contribution in [0.2, 0.25) is 5.02 Å². The summed E-state index contributed by atoms with van der Waals surface area (Å²) in [6.45, 7) is 7.49. The number of carbonyl (C=O) groups excluding carboxylic acids is 2. The molecule has 0 radical (unpaired) electrons. The maximum Gasteiger partial charge on any atom is 0.331 e. The quantitative estimate of drug-likeness (QED) is 0.549. The summed E-state index contributed by atoms with van der Waals surface area (Å²) in [6.07, 6.45) is 4.61. The number of aromatic nitrogens is 1. The number of benzene rings is 1. The van der Waals surface area contributed by atoms with Crippen molar-refractivity contribution in [1.82, 2.24) is 4.57 Å². The number of esters is 1. The Morgan fingerprint density at radius 2 is 2.00 bits per heavy atom. The molecule has 1 N–H and O–H groups in total. The largest absolute Gasteiger partial charge is 0.449 e. The lowest BCUT2D eigenvalue weighted by Gasteiger charge is -2.14. The van der Waals surface area contributed by atoms with Crippen LogP contribution in [0, 0.1) is 20.8 Å². The van der Waals surface area contributed by atoms with Gasteiger partial charge in [0.1, 0.15) is 0 Å². The summed E-state index contributed by atoms with van der Waals surface area (Å²) in [5.41, 5.74) is 4.70. The van der Waals surface area contributed by atoms with E-state index in [0.29, 0.717) is 16.8 Å². The zero-order valence-electron chi connectivity index (χ0n) is 16.6. The van der Waals surface area contributed by atoms with Gasteiger partial charge in [-0.3, -0.25) is 4.79 Å². The molecule has 1 saturated carbocycles. The number of anilines is 1. The molecule has 1 aliphatic rings. The Kier molecular flexibility index (Phi) is 5.94. The van der Waals surface area contributed by atoms with Crippen LogP contribution in [0.1, 0.15) is 48.3 Å². The van der Waals surface area contributed by atoms with E-state index in [4.69, 9.17) is 16.3 Å². The summed E-state index contributed by atoms with van der Waals surface area (Å²) in [4.78, 5) is 24.4. The van der Waals surface area contributed by atoms with E-state index in [1.807, 2.05) is 6.92 Å². The van der Waals surface area contributed by atoms with Gasteiger partial charge in [-0.15, -0.1) is 0 Å². The predicted molar refractivity (Wildman–Crippen MR) is 112 cm³/mol. The number of carbonyl (C=O) groups is 2. The lowest BCUT2D eigenvalue weighted by atomic mass is 10.2. The molecular weight excluding hydrogens is 376 g/mol. The van der Waals surface area contributed by atoms with Crippen molar-refractivity contribution in [3.05, 3.63) is 57.9 Å². The minimum Gasteiger partial charge on any atom is -0.449 e. The van der Waals surface area contributed by atoms with Crippen LogP contribution in [-0.4, -0.2) is 22.5 Å². The lowest BCUT2D eigenvalue weighted by molar-refractivity contribution is -0.148. The molecule has 28 heavy (non-hydrogen) atoms. The van der Waals surface area contributed by atoms with Gasteiger partial charge < -0.3 is 14.6 Å². The van der Waals surface area contributed by atoms with Crippen molar-refractivity contribution < 1.29 is 14.3 Å². The van der Waals surface area contributed by atoms with Gasteiger partial charge in [-0.1, -0.05) is 17.7 Å². The number of halogens is 1. The number of nitrogens with zero attached hydrogens (tertiary/aromatic N) is 1. The van der Waals surface area contributed by atoms with Gasteiger partial charge in [0.25, 0.3) is 5.91 Å². The Morgan fingerprint density at radius 3 is 2.68 bits per heavy atom. The number of nitrogens with one attached hydrogen (secondary N) is 1. The second kappa shape index (κ2) is 8.23. The Bertz CT molecular complexity index is 941. The van der Waals surface area contributed by atoms with Crippen LogP contribution < -0.4 is 5.32 Å². The molecule has 1 aromatic carbocycles. The third-order valence-electron chi connectivity index (χ3n) is 5.02. The highest BCUT2D eigenvalue weighted by atomic mass is 35.5. The van der Waals surface area contributed by atoms with E-state index in [0.717, 1.165) is 16.8 Å². The number of hydrogen-bond acceptors (Lipinski definition) is 3. The summed E-state index contributed by atoms with van der Waals surface area (Å²) < 4.78 is 7.55. The fourth-order valence-electron chi connectivity index (χ4n) is 3.27. The second-order valence-corrected chi connectivity index (χ2v) is 7.65. The highest BCUT2D eigenvalue weighted by molar-refractivity contribution is 6.31. The van der Waals surface area contributed by atoms with Crippen molar-refractivity contribution >= 4 is 35.2 Å². The SMILES string of the molecule is Cc1c(Cl)cccc1NC(=O)[C@H](C)OC(=O)/C=C/c1cc(C)n(C2CC2)c1C. The summed E-state index contributed by atoms with van der Waals surface area (Å²) in [7, 11) is 0. The standard InChI is InChI=1S/C22H25ClN2O3/c1-13-12-17(15(3)25(13)18-9-10-18)8-11-21(26)28-16(4)22(27)24-20-7-5-6-19(23)14(20)2/h5-8,11-12,16,18H,9-10H2,1-4H3,(H,24,27)/b11-8+/t16-/m0/s1. The molecule has 1 aliphatic carbocycles. The molecular formula is C22H25ClN2O3. The van der Waals surface area contributed by atoms with Crippen molar-refractivity contribution in [2.75, 3.05) is 5.32 Å². The first-order valence-electron chi connectivity index (χ1n) is 9.41. The zero-order valence-corrected chi connectivity index (χ0v) is 17.3. The molecule has 3 rings (SSSR count). The van der Waals surface area contributed by atoms with Gasteiger partial charge in [-0.2, -0.15) is 0 Å². The van der Waals surface area contributed by atoms with Crippen LogP contribution in [0.5, 0.6) is 0 Å². The molecule has 5 nitrogen and oxygen atoms in total. The van der Waals surface area contributed by atoms with Crippen molar-refractivity contribution in [3.63, 3.8) is 0 Å². The Labute approximate surface area is 170 Å². The zero-order chi connectivity index (χ0) is 20.4. The molecule has 1 heterocycles. The number of amides is 1. The van der Waals surface area contributed by atoms with E-state index >= 15 is 0 Å². The summed E-state index contributed by atoms with van der Waals surface area (Å²) in [5, 5.41) is 3.31. The van der Waals surface area contributed by atoms with E-state index in [2.05, 4.69) is 29.8 Å². The van der Waals surface area contributed by atoms with Gasteiger partial charge in [0.05, 0.1) is 0 Å². The van der Waals surface area contributed by atoms with E-state index in [-0.39, 0.29) is 0 Å². The molecule has 0 aliphatic heterocycles. The molecule has 6 heteroatoms. The third kappa shape index (κ3) is 4.47. The average molecular weight is 401 g/mol. The fraction of sp³-hybridized carbons (Fsp3) is 0.364. The van der Waals surface area contributed by atoms with Gasteiger partial charge in [-0.25, -0.2) is 4.79 Å². The smallest absolute Gasteiger partial charge is 0.331 e. The minimum atomic E-state index is -0.922. The number of aryl methyl sites for hydroxylation is 1. The van der Waals surface area contributed by atoms with E-state index in [1.165, 1.54) is 24.6 Å². The molecule has 0 unspecified atom stereocenters. The van der Waals surface area contributed by atoms with Gasteiger partial charge >= 0.3 is 5.97 Å². The second-order valence-electron chi connectivity index (χ2n) is 7.24. The van der Waals surface area contributed by atoms with E-state index in [1.54, 1.807) is 31.2 Å². The van der Waals surface area contributed by atoms with Crippen molar-refractivity contribution in [3.8, 4) is 0 Å². The Morgan fingerprint density at radius 1 is 1.29 bits per heavy atom. The molecule has 1 aromatic heterocycles. The van der Waals surface area contributed by atoms with Crippen LogP contribution in [0.15, 0.2) is 30.3 Å². The molecule has 148 valence electrons. The summed E-state index contributed by atoms with van der Waals surface area (Å²) in [6, 6.07) is 7.91. The highest BCUT2D eigenvalue weighted by Crippen LogP contribution is 2.38. The van der Waals surface area contributed by atoms with Gasteiger partial charge in [0.15, 0.2) is 6.10 Å². The third-order valence-corrected chi connectivity index (χ3v) is 5.43. The van der Waals surface area contributed by atoms with Crippen molar-refractivity contribution in [1.29, 1.82) is 0 Å². The molecule has 0 spiro atoms. The lowest BCUT2D eigenvalue weighted by Crippen LogP contribution is -2.29. The number of ether oxygens (including phenoxy) is 1. The maximum absolute atomic E-state index is 12.3. The van der Waals surface area contributed by atoms with E-state index < -0.39 is 18.0 Å². The highest BCUT2D eigenvalue weighted by Gasteiger charge is 2.26. The topological polar surface area (TPSA) is 60.3 Å². The molecule has 0 saturated heterocycles.